The van der Waals surface area contributed by atoms with Gasteiger partial charge in [-0.2, -0.15) is 0 Å². The summed E-state index contributed by atoms with van der Waals surface area (Å²) in [6.45, 7) is 12.3. The normalized spacial score (nSPS) is 23.7. The van der Waals surface area contributed by atoms with Gasteiger partial charge in [-0.05, 0) is 195 Å². The Morgan fingerprint density at radius 2 is 1.32 bits per heavy atom. The predicted octanol–water partition coefficient (Wildman–Crippen LogP) is 18.3. The summed E-state index contributed by atoms with van der Waals surface area (Å²) in [7, 11) is 0. The first-order valence-corrected chi connectivity index (χ1v) is 27.4. The first kappa shape index (κ1) is 48.7. The van der Waals surface area contributed by atoms with E-state index in [0.717, 1.165) is 69.3 Å². The van der Waals surface area contributed by atoms with Gasteiger partial charge in [0.25, 0.3) is 0 Å². The standard InChI is InChI=1S/C70H72N4/c1-5-21-60(74(63-31-13-8-14-32-63)68-48-53(3)69-52(2)22-19-25-56(69)50-68)33-20-47-71(58-36-40-64(41-37-58)72(61-27-9-6-10-28-61)66-35-34-54-23-15-16-24-55(54)49-66)59-38-42-65(43-39-59)73(62-29-11-7-12-30-62)67-44-46-70(4)45-18-17-26-57(70)51-67/h5-15,17-19,21,23,25-32,34-36,38-40,42-45,48,50-53,55,69H,1,16,20,22,24,33,37,41,46-47,49H2,2-4H3/b60-21+. The highest BCUT2D eigenvalue weighted by Crippen LogP contribution is 2.46. The van der Waals surface area contributed by atoms with E-state index < -0.39 is 0 Å². The second kappa shape index (κ2) is 21.9. The number of para-hydroxylation sites is 3. The quantitative estimate of drug-likeness (QED) is 0.104. The van der Waals surface area contributed by atoms with E-state index in [1.807, 2.05) is 6.08 Å². The van der Waals surface area contributed by atoms with Crippen molar-refractivity contribution in [2.24, 2.45) is 29.1 Å². The zero-order chi connectivity index (χ0) is 50.4. The summed E-state index contributed by atoms with van der Waals surface area (Å²) in [5.74, 6) is 2.18. The molecular weight excluding hydrogens is 897 g/mol. The van der Waals surface area contributed by atoms with Crippen molar-refractivity contribution in [3.8, 4) is 0 Å². The zero-order valence-corrected chi connectivity index (χ0v) is 43.7. The molecule has 4 aromatic carbocycles. The molecule has 0 heterocycles. The van der Waals surface area contributed by atoms with Gasteiger partial charge in [-0.25, -0.2) is 0 Å². The van der Waals surface area contributed by atoms with E-state index in [-0.39, 0.29) is 5.41 Å². The summed E-state index contributed by atoms with van der Waals surface area (Å²) in [5.41, 5.74) is 18.0. The monoisotopic (exact) mass is 969 g/mol. The molecule has 0 radical (unpaired) electrons. The van der Waals surface area contributed by atoms with Crippen LogP contribution in [0.4, 0.5) is 28.4 Å². The number of allylic oxidation sites excluding steroid dienone is 25. The fraction of sp³-hybridized carbons (Fsp3) is 0.257. The SMILES string of the molecule is C=C/C=C(\CCCN(C1=CC=C(N(C2=CC=C3C=CCCC3C2)c2ccccc2)CC1)c1ccc(N(C2=CCC3(C)C=CC=CC3=C2)c2ccccc2)cc1)N(C1=CC(C)C2C(=C1)C=CCC2C)c1ccccc1. The van der Waals surface area contributed by atoms with E-state index in [9.17, 15) is 0 Å². The molecule has 0 aromatic heterocycles. The third-order valence-electron chi connectivity index (χ3n) is 16.5. The predicted molar refractivity (Wildman–Crippen MR) is 315 cm³/mol. The van der Waals surface area contributed by atoms with Crippen LogP contribution in [-0.4, -0.2) is 6.54 Å². The number of benzene rings is 4. The third kappa shape index (κ3) is 10.2. The Balaban J connectivity index is 0.936. The van der Waals surface area contributed by atoms with Crippen molar-refractivity contribution in [2.75, 3.05) is 26.1 Å². The maximum atomic E-state index is 4.27. The van der Waals surface area contributed by atoms with Crippen molar-refractivity contribution in [3.05, 3.63) is 282 Å². The van der Waals surface area contributed by atoms with Crippen LogP contribution in [0.5, 0.6) is 0 Å². The molecule has 7 aliphatic rings. The lowest BCUT2D eigenvalue weighted by atomic mass is 9.71. The molecule has 0 saturated heterocycles. The van der Waals surface area contributed by atoms with Crippen LogP contribution < -0.4 is 19.6 Å². The summed E-state index contributed by atoms with van der Waals surface area (Å²) in [6.07, 6.45) is 51.2. The van der Waals surface area contributed by atoms with Gasteiger partial charge in [0.15, 0.2) is 0 Å². The topological polar surface area (TPSA) is 13.0 Å². The first-order valence-electron chi connectivity index (χ1n) is 27.4. The van der Waals surface area contributed by atoms with Crippen LogP contribution in [0.15, 0.2) is 282 Å². The van der Waals surface area contributed by atoms with Crippen molar-refractivity contribution in [1.29, 1.82) is 0 Å². The van der Waals surface area contributed by atoms with Gasteiger partial charge in [0.2, 0.25) is 0 Å². The molecule has 74 heavy (non-hydrogen) atoms. The second-order valence-corrected chi connectivity index (χ2v) is 21.5. The molecule has 5 atom stereocenters. The highest BCUT2D eigenvalue weighted by molar-refractivity contribution is 5.74. The second-order valence-electron chi connectivity index (χ2n) is 21.5. The summed E-state index contributed by atoms with van der Waals surface area (Å²) < 4.78 is 0. The summed E-state index contributed by atoms with van der Waals surface area (Å²) in [4.78, 5) is 10.1. The lowest BCUT2D eigenvalue weighted by Gasteiger charge is -2.38. The molecule has 4 nitrogen and oxygen atoms in total. The molecular formula is C70H72N4. The average molecular weight is 969 g/mol. The van der Waals surface area contributed by atoms with Crippen LogP contribution in [0.3, 0.4) is 0 Å². The van der Waals surface area contributed by atoms with Crippen molar-refractivity contribution in [1.82, 2.24) is 0 Å². The zero-order valence-electron chi connectivity index (χ0n) is 43.7. The number of fused-ring (bicyclic) bond motifs is 3. The van der Waals surface area contributed by atoms with Crippen LogP contribution in [0.2, 0.25) is 0 Å². The molecule has 0 fully saturated rings. The van der Waals surface area contributed by atoms with Gasteiger partial charge in [0.1, 0.15) is 0 Å². The molecule has 4 heteroatoms. The maximum absolute atomic E-state index is 4.27. The van der Waals surface area contributed by atoms with Crippen molar-refractivity contribution in [3.63, 3.8) is 0 Å². The minimum atomic E-state index is 0.0163. The molecule has 0 saturated carbocycles. The van der Waals surface area contributed by atoms with Gasteiger partial charge in [-0.15, -0.1) is 0 Å². The molecule has 4 aromatic rings. The van der Waals surface area contributed by atoms with Gasteiger partial charge in [0, 0.05) is 74.6 Å². The fourth-order valence-corrected chi connectivity index (χ4v) is 12.7. The Kier molecular flexibility index (Phi) is 14.4. The summed E-state index contributed by atoms with van der Waals surface area (Å²) >= 11 is 0. The molecule has 0 spiro atoms. The Hall–Kier alpha value is -7.56. The number of hydrogen-bond donors (Lipinski definition) is 0. The Morgan fingerprint density at radius 3 is 2.05 bits per heavy atom. The van der Waals surface area contributed by atoms with Crippen LogP contribution in [-0.2, 0) is 0 Å². The van der Waals surface area contributed by atoms with E-state index >= 15 is 0 Å². The van der Waals surface area contributed by atoms with Gasteiger partial charge in [0.05, 0.1) is 0 Å². The minimum absolute atomic E-state index is 0.0163. The Labute approximate surface area is 442 Å². The van der Waals surface area contributed by atoms with Crippen LogP contribution in [0.1, 0.15) is 78.6 Å². The molecule has 0 N–H and O–H groups in total. The van der Waals surface area contributed by atoms with E-state index in [2.05, 4.69) is 266 Å². The van der Waals surface area contributed by atoms with E-state index in [4.69, 9.17) is 0 Å². The molecule has 372 valence electrons. The molecule has 7 aliphatic carbocycles. The van der Waals surface area contributed by atoms with E-state index in [1.54, 1.807) is 0 Å². The van der Waals surface area contributed by atoms with Crippen LogP contribution >= 0.6 is 0 Å². The van der Waals surface area contributed by atoms with Crippen LogP contribution in [0, 0.1) is 29.1 Å². The van der Waals surface area contributed by atoms with Crippen molar-refractivity contribution >= 4 is 28.4 Å². The molecule has 5 unspecified atom stereocenters. The van der Waals surface area contributed by atoms with Gasteiger partial charge >= 0.3 is 0 Å². The summed E-state index contributed by atoms with van der Waals surface area (Å²) in [5, 5.41) is 0. The minimum Gasteiger partial charge on any atom is -0.345 e. The molecule has 0 bridgehead atoms. The Morgan fingerprint density at radius 1 is 0.662 bits per heavy atom. The van der Waals surface area contributed by atoms with E-state index in [0.29, 0.717) is 23.7 Å². The largest absolute Gasteiger partial charge is 0.345 e. The van der Waals surface area contributed by atoms with Crippen molar-refractivity contribution in [2.45, 2.75) is 78.6 Å². The number of hydrogen-bond acceptors (Lipinski definition) is 4. The molecule has 11 rings (SSSR count). The third-order valence-corrected chi connectivity index (χ3v) is 16.5. The Bertz CT molecular complexity index is 3130. The van der Waals surface area contributed by atoms with Gasteiger partial charge < -0.3 is 19.6 Å². The average Bonchev–Trinajstić information content (AvgIpc) is 3.43. The van der Waals surface area contributed by atoms with Crippen molar-refractivity contribution < 1.29 is 0 Å². The summed E-state index contributed by atoms with van der Waals surface area (Å²) in [6, 6.07) is 42.2. The number of nitrogens with zero attached hydrogens (tertiary/aromatic N) is 4. The van der Waals surface area contributed by atoms with E-state index in [1.165, 1.54) is 74.4 Å². The smallest absolute Gasteiger partial charge is 0.0462 e. The fourth-order valence-electron chi connectivity index (χ4n) is 12.7. The van der Waals surface area contributed by atoms with Crippen LogP contribution in [0.25, 0.3) is 0 Å². The first-order chi connectivity index (χ1) is 36.3. The number of anilines is 5. The van der Waals surface area contributed by atoms with Gasteiger partial charge in [-0.3, -0.25) is 0 Å². The number of rotatable bonds is 16. The highest BCUT2D eigenvalue weighted by atomic mass is 15.2. The highest BCUT2D eigenvalue weighted by Gasteiger charge is 2.33. The molecule has 0 amide bonds. The van der Waals surface area contributed by atoms with Gasteiger partial charge in [-0.1, -0.05) is 155 Å². The lowest BCUT2D eigenvalue weighted by molar-refractivity contribution is 0.335. The molecule has 0 aliphatic heterocycles. The lowest BCUT2D eigenvalue weighted by Crippen LogP contribution is -2.31. The maximum Gasteiger partial charge on any atom is 0.0462 e.